The van der Waals surface area contributed by atoms with E-state index in [1.807, 2.05) is 24.4 Å². The lowest BCUT2D eigenvalue weighted by Gasteiger charge is -2.18. The predicted octanol–water partition coefficient (Wildman–Crippen LogP) is 3.57. The molecule has 2 rings (SSSR count). The molecular formula is C19H28N4OS. The number of nitrogens with zero attached hydrogens (tertiary/aromatic N) is 2. The zero-order valence-corrected chi connectivity index (χ0v) is 16.3. The maximum atomic E-state index is 5.46. The molecule has 0 aliphatic heterocycles. The molecule has 0 radical (unpaired) electrons. The molecule has 0 saturated carbocycles. The molecule has 5 nitrogen and oxygen atoms in total. The topological polar surface area (TPSA) is 58.5 Å². The molecule has 25 heavy (non-hydrogen) atoms. The van der Waals surface area contributed by atoms with Crippen LogP contribution in [0.2, 0.25) is 0 Å². The van der Waals surface area contributed by atoms with Crippen molar-refractivity contribution in [2.24, 2.45) is 4.99 Å². The van der Waals surface area contributed by atoms with Gasteiger partial charge in [-0.3, -0.25) is 0 Å². The average molecular weight is 361 g/mol. The van der Waals surface area contributed by atoms with Gasteiger partial charge in [-0.05, 0) is 25.0 Å². The van der Waals surface area contributed by atoms with Crippen LogP contribution in [0.1, 0.15) is 42.1 Å². The van der Waals surface area contributed by atoms with Crippen molar-refractivity contribution in [2.45, 2.75) is 39.7 Å². The van der Waals surface area contributed by atoms with E-state index in [4.69, 9.17) is 4.74 Å². The Morgan fingerprint density at radius 3 is 2.76 bits per heavy atom. The minimum atomic E-state index is 0.312. The lowest BCUT2D eigenvalue weighted by molar-refractivity contribution is 0.406. The number of para-hydroxylation sites is 1. The Balaban J connectivity index is 1.97. The van der Waals surface area contributed by atoms with Gasteiger partial charge < -0.3 is 15.4 Å². The molecule has 2 aromatic rings. The zero-order valence-electron chi connectivity index (χ0n) is 15.5. The summed E-state index contributed by atoms with van der Waals surface area (Å²) in [5, 5.41) is 7.76. The Hall–Kier alpha value is -2.08. The first-order chi connectivity index (χ1) is 12.2. The van der Waals surface area contributed by atoms with Crippen molar-refractivity contribution in [3.05, 3.63) is 45.9 Å². The van der Waals surface area contributed by atoms with Gasteiger partial charge in [-0.15, -0.1) is 11.3 Å². The summed E-state index contributed by atoms with van der Waals surface area (Å²) in [5.41, 5.74) is 1.20. The lowest BCUT2D eigenvalue weighted by atomic mass is 10.0. The molecule has 0 fully saturated rings. The summed E-state index contributed by atoms with van der Waals surface area (Å²) in [7, 11) is 1.71. The molecule has 1 atom stereocenters. The Morgan fingerprint density at radius 1 is 1.28 bits per heavy atom. The molecule has 1 aromatic heterocycles. The van der Waals surface area contributed by atoms with Crippen molar-refractivity contribution in [2.75, 3.05) is 20.2 Å². The Kier molecular flexibility index (Phi) is 7.73. The van der Waals surface area contributed by atoms with Gasteiger partial charge in [-0.25, -0.2) is 9.98 Å². The third-order valence-electron chi connectivity index (χ3n) is 3.91. The van der Waals surface area contributed by atoms with Gasteiger partial charge in [-0.2, -0.15) is 0 Å². The minimum absolute atomic E-state index is 0.312. The fraction of sp³-hybridized carbons (Fsp3) is 0.474. The Morgan fingerprint density at radius 2 is 2.08 bits per heavy atom. The standard InChI is InChI=1S/C19H28N4OS/c1-5-15-12-21-18(25-15)13-23-19(20-6-2)22-11-14(3)16-9-7-8-10-17(16)24-4/h7-10,12,14H,5-6,11,13H2,1-4H3,(H2,20,22,23). The lowest BCUT2D eigenvalue weighted by Crippen LogP contribution is -2.39. The molecule has 2 N–H and O–H groups in total. The van der Waals surface area contributed by atoms with E-state index in [-0.39, 0.29) is 0 Å². The maximum Gasteiger partial charge on any atom is 0.191 e. The van der Waals surface area contributed by atoms with Crippen molar-refractivity contribution in [1.29, 1.82) is 0 Å². The van der Waals surface area contributed by atoms with Gasteiger partial charge in [0, 0.05) is 30.1 Å². The summed E-state index contributed by atoms with van der Waals surface area (Å²) in [6.07, 6.45) is 2.97. The number of methoxy groups -OCH3 is 1. The molecule has 6 heteroatoms. The summed E-state index contributed by atoms with van der Waals surface area (Å²) in [4.78, 5) is 10.4. The van der Waals surface area contributed by atoms with Crippen LogP contribution in [0.5, 0.6) is 5.75 Å². The van der Waals surface area contributed by atoms with E-state index in [0.717, 1.165) is 36.2 Å². The highest BCUT2D eigenvalue weighted by atomic mass is 32.1. The molecular weight excluding hydrogens is 332 g/mol. The van der Waals surface area contributed by atoms with Gasteiger partial charge in [0.2, 0.25) is 0 Å². The molecule has 0 bridgehead atoms. The van der Waals surface area contributed by atoms with Gasteiger partial charge >= 0.3 is 0 Å². The van der Waals surface area contributed by atoms with Gasteiger partial charge in [0.15, 0.2) is 5.96 Å². The predicted molar refractivity (Wildman–Crippen MR) is 106 cm³/mol. The van der Waals surface area contributed by atoms with Crippen LogP contribution >= 0.6 is 11.3 Å². The molecule has 0 spiro atoms. The summed E-state index contributed by atoms with van der Waals surface area (Å²) in [6.45, 7) is 8.61. The van der Waals surface area contributed by atoms with Crippen LogP contribution in [0, 0.1) is 0 Å². The van der Waals surface area contributed by atoms with Crippen molar-refractivity contribution in [1.82, 2.24) is 15.6 Å². The SMILES string of the molecule is CCNC(=NCc1ncc(CC)s1)NCC(C)c1ccccc1OC. The number of thiazole rings is 1. The summed E-state index contributed by atoms with van der Waals surface area (Å²) >= 11 is 1.73. The number of benzene rings is 1. The number of aryl methyl sites for hydroxylation is 1. The first-order valence-electron chi connectivity index (χ1n) is 8.76. The highest BCUT2D eigenvalue weighted by Gasteiger charge is 2.11. The summed E-state index contributed by atoms with van der Waals surface area (Å²) in [6, 6.07) is 8.14. The molecule has 1 aromatic carbocycles. The largest absolute Gasteiger partial charge is 0.496 e. The number of aromatic nitrogens is 1. The second-order valence-electron chi connectivity index (χ2n) is 5.79. The van der Waals surface area contributed by atoms with E-state index in [1.165, 1.54) is 10.4 Å². The highest BCUT2D eigenvalue weighted by Crippen LogP contribution is 2.25. The fourth-order valence-electron chi connectivity index (χ4n) is 2.51. The van der Waals surface area contributed by atoms with Crippen molar-refractivity contribution >= 4 is 17.3 Å². The third kappa shape index (κ3) is 5.74. The van der Waals surface area contributed by atoms with E-state index in [1.54, 1.807) is 18.4 Å². The second kappa shape index (κ2) is 10.0. The van der Waals surface area contributed by atoms with E-state index in [0.29, 0.717) is 12.5 Å². The first kappa shape index (κ1) is 19.2. The van der Waals surface area contributed by atoms with Gasteiger partial charge in [-0.1, -0.05) is 32.0 Å². The number of guanidine groups is 1. The van der Waals surface area contributed by atoms with Crippen LogP contribution in [0.3, 0.4) is 0 Å². The molecule has 136 valence electrons. The van der Waals surface area contributed by atoms with Gasteiger partial charge in [0.05, 0.1) is 13.7 Å². The fourth-order valence-corrected chi connectivity index (χ4v) is 3.29. The van der Waals surface area contributed by atoms with Crippen LogP contribution in [-0.4, -0.2) is 31.1 Å². The van der Waals surface area contributed by atoms with Gasteiger partial charge in [0.25, 0.3) is 0 Å². The number of rotatable bonds is 8. The van der Waals surface area contributed by atoms with Crippen LogP contribution in [0.25, 0.3) is 0 Å². The monoisotopic (exact) mass is 360 g/mol. The smallest absolute Gasteiger partial charge is 0.191 e. The zero-order chi connectivity index (χ0) is 18.1. The van der Waals surface area contributed by atoms with E-state index >= 15 is 0 Å². The Labute approximate surface area is 154 Å². The minimum Gasteiger partial charge on any atom is -0.496 e. The third-order valence-corrected chi connectivity index (χ3v) is 5.04. The number of aliphatic imine (C=N–C) groups is 1. The Bertz CT molecular complexity index is 684. The molecule has 1 unspecified atom stereocenters. The maximum absolute atomic E-state index is 5.46. The summed E-state index contributed by atoms with van der Waals surface area (Å²) < 4.78 is 5.46. The average Bonchev–Trinajstić information content (AvgIpc) is 3.11. The molecule has 1 heterocycles. The molecule has 0 amide bonds. The number of nitrogens with one attached hydrogen (secondary N) is 2. The van der Waals surface area contributed by atoms with Crippen molar-refractivity contribution in [3.8, 4) is 5.75 Å². The number of hydrogen-bond donors (Lipinski definition) is 2. The van der Waals surface area contributed by atoms with Crippen molar-refractivity contribution < 1.29 is 4.74 Å². The van der Waals surface area contributed by atoms with Gasteiger partial charge in [0.1, 0.15) is 10.8 Å². The molecule has 0 aliphatic carbocycles. The quantitative estimate of drug-likeness (QED) is 0.558. The number of hydrogen-bond acceptors (Lipinski definition) is 4. The van der Waals surface area contributed by atoms with Crippen LogP contribution in [0.4, 0.5) is 0 Å². The normalized spacial score (nSPS) is 12.7. The van der Waals surface area contributed by atoms with Crippen LogP contribution in [-0.2, 0) is 13.0 Å². The number of ether oxygens (including phenoxy) is 1. The molecule has 0 aliphatic rings. The van der Waals surface area contributed by atoms with Crippen LogP contribution in [0.15, 0.2) is 35.5 Å². The van der Waals surface area contributed by atoms with E-state index in [9.17, 15) is 0 Å². The second-order valence-corrected chi connectivity index (χ2v) is 6.99. The van der Waals surface area contributed by atoms with Crippen molar-refractivity contribution in [3.63, 3.8) is 0 Å². The first-order valence-corrected chi connectivity index (χ1v) is 9.58. The van der Waals surface area contributed by atoms with E-state index < -0.39 is 0 Å². The summed E-state index contributed by atoms with van der Waals surface area (Å²) in [5.74, 6) is 2.05. The van der Waals surface area contributed by atoms with E-state index in [2.05, 4.69) is 47.4 Å². The van der Waals surface area contributed by atoms with Crippen LogP contribution < -0.4 is 15.4 Å². The molecule has 0 saturated heterocycles. The highest BCUT2D eigenvalue weighted by molar-refractivity contribution is 7.11.